The van der Waals surface area contributed by atoms with Crippen LogP contribution in [0.1, 0.15) is 28.5 Å². The largest absolute Gasteiger partial charge is 0.494 e. The average Bonchev–Trinajstić information content (AvgIpc) is 2.83. The molecule has 0 saturated carbocycles. The van der Waals surface area contributed by atoms with Crippen LogP contribution in [0.3, 0.4) is 0 Å². The van der Waals surface area contributed by atoms with E-state index in [0.29, 0.717) is 6.61 Å². The predicted octanol–water partition coefficient (Wildman–Crippen LogP) is 3.40. The summed E-state index contributed by atoms with van der Waals surface area (Å²) in [6, 6.07) is 7.35. The topological polar surface area (TPSA) is 62.3 Å². The fraction of sp³-hybridized carbons (Fsp3) is 0.267. The monoisotopic (exact) mass is 259 g/mol. The minimum atomic E-state index is -0.952. The molecule has 0 aliphatic heterocycles. The third-order valence-electron chi connectivity index (χ3n) is 3.03. The Morgan fingerprint density at radius 3 is 2.58 bits per heavy atom. The molecule has 1 heterocycles. The number of hydrogen-bond donors (Lipinski definition) is 2. The Morgan fingerprint density at radius 2 is 2.00 bits per heavy atom. The van der Waals surface area contributed by atoms with E-state index in [0.717, 1.165) is 28.1 Å². The highest BCUT2D eigenvalue weighted by atomic mass is 16.5. The lowest BCUT2D eigenvalue weighted by atomic mass is 10.0. The quantitative estimate of drug-likeness (QED) is 0.884. The van der Waals surface area contributed by atoms with E-state index in [1.165, 1.54) is 0 Å². The van der Waals surface area contributed by atoms with Crippen molar-refractivity contribution in [1.29, 1.82) is 0 Å². The maximum absolute atomic E-state index is 10.9. The summed E-state index contributed by atoms with van der Waals surface area (Å²) in [6.45, 7) is 6.55. The molecule has 0 aliphatic rings. The molecular formula is C15H17NO3. The second kappa shape index (κ2) is 5.18. The summed E-state index contributed by atoms with van der Waals surface area (Å²) < 4.78 is 5.55. The van der Waals surface area contributed by atoms with Crippen molar-refractivity contribution in [2.24, 2.45) is 0 Å². The van der Waals surface area contributed by atoms with Gasteiger partial charge in [0.25, 0.3) is 0 Å². The van der Waals surface area contributed by atoms with Gasteiger partial charge in [0.15, 0.2) is 0 Å². The van der Waals surface area contributed by atoms with Gasteiger partial charge in [-0.1, -0.05) is 0 Å². The van der Waals surface area contributed by atoms with Gasteiger partial charge in [-0.05, 0) is 56.2 Å². The average molecular weight is 259 g/mol. The lowest BCUT2D eigenvalue weighted by Crippen LogP contribution is -1.97. The zero-order valence-corrected chi connectivity index (χ0v) is 11.3. The standard InChI is InChI=1S/C15H17NO3/c1-4-19-14-8-9(2)11(7-10(14)3)12-5-6-13(16-12)15(17)18/h5-8,16H,4H2,1-3H3,(H,17,18). The highest BCUT2D eigenvalue weighted by molar-refractivity contribution is 5.87. The summed E-state index contributed by atoms with van der Waals surface area (Å²) in [4.78, 5) is 13.8. The first kappa shape index (κ1) is 13.2. The predicted molar refractivity (Wildman–Crippen MR) is 73.8 cm³/mol. The Morgan fingerprint density at radius 1 is 1.26 bits per heavy atom. The van der Waals surface area contributed by atoms with Crippen LogP contribution >= 0.6 is 0 Å². The van der Waals surface area contributed by atoms with Crippen molar-refractivity contribution in [3.8, 4) is 17.0 Å². The van der Waals surface area contributed by atoms with Crippen molar-refractivity contribution in [2.45, 2.75) is 20.8 Å². The maximum atomic E-state index is 10.9. The number of hydrogen-bond acceptors (Lipinski definition) is 2. The maximum Gasteiger partial charge on any atom is 0.352 e. The zero-order valence-electron chi connectivity index (χ0n) is 11.3. The molecule has 1 aromatic heterocycles. The molecule has 0 spiro atoms. The number of H-pyrrole nitrogens is 1. The number of nitrogens with one attached hydrogen (secondary N) is 1. The van der Waals surface area contributed by atoms with Crippen molar-refractivity contribution in [1.82, 2.24) is 4.98 Å². The van der Waals surface area contributed by atoms with Crippen LogP contribution in [-0.4, -0.2) is 22.7 Å². The summed E-state index contributed by atoms with van der Waals surface area (Å²) >= 11 is 0. The van der Waals surface area contributed by atoms with Crippen LogP contribution < -0.4 is 4.74 Å². The van der Waals surface area contributed by atoms with Crippen LogP contribution in [0.4, 0.5) is 0 Å². The van der Waals surface area contributed by atoms with Crippen LogP contribution in [0.2, 0.25) is 0 Å². The highest BCUT2D eigenvalue weighted by Crippen LogP contribution is 2.29. The molecule has 2 aromatic rings. The van der Waals surface area contributed by atoms with Crippen molar-refractivity contribution >= 4 is 5.97 Å². The number of carbonyl (C=O) groups is 1. The van der Waals surface area contributed by atoms with E-state index in [4.69, 9.17) is 9.84 Å². The molecule has 0 atom stereocenters. The third-order valence-corrected chi connectivity index (χ3v) is 3.03. The summed E-state index contributed by atoms with van der Waals surface area (Å²) in [7, 11) is 0. The molecule has 19 heavy (non-hydrogen) atoms. The van der Waals surface area contributed by atoms with Crippen molar-refractivity contribution in [3.63, 3.8) is 0 Å². The van der Waals surface area contributed by atoms with E-state index >= 15 is 0 Å². The summed E-state index contributed by atoms with van der Waals surface area (Å²) in [6.07, 6.45) is 0. The first-order chi connectivity index (χ1) is 9.02. The second-order valence-corrected chi connectivity index (χ2v) is 4.46. The van der Waals surface area contributed by atoms with Crippen molar-refractivity contribution < 1.29 is 14.6 Å². The van der Waals surface area contributed by atoms with Gasteiger partial charge >= 0.3 is 5.97 Å². The molecule has 0 radical (unpaired) electrons. The Hall–Kier alpha value is -2.23. The van der Waals surface area contributed by atoms with E-state index < -0.39 is 5.97 Å². The number of aromatic carboxylic acids is 1. The molecule has 1 aromatic carbocycles. The normalized spacial score (nSPS) is 10.5. The first-order valence-corrected chi connectivity index (χ1v) is 6.19. The second-order valence-electron chi connectivity index (χ2n) is 4.46. The molecule has 0 fully saturated rings. The van der Waals surface area contributed by atoms with Gasteiger partial charge in [0.2, 0.25) is 0 Å². The van der Waals surface area contributed by atoms with Crippen LogP contribution in [0.5, 0.6) is 5.75 Å². The number of aromatic nitrogens is 1. The minimum absolute atomic E-state index is 0.195. The van der Waals surface area contributed by atoms with Crippen molar-refractivity contribution in [3.05, 3.63) is 41.1 Å². The molecule has 0 aliphatic carbocycles. The zero-order chi connectivity index (χ0) is 14.0. The highest BCUT2D eigenvalue weighted by Gasteiger charge is 2.11. The summed E-state index contributed by atoms with van der Waals surface area (Å²) in [5.41, 5.74) is 4.08. The molecule has 0 saturated heterocycles. The van der Waals surface area contributed by atoms with Crippen LogP contribution in [0.25, 0.3) is 11.3 Å². The van der Waals surface area contributed by atoms with Gasteiger partial charge in [-0.3, -0.25) is 0 Å². The smallest absolute Gasteiger partial charge is 0.352 e. The van der Waals surface area contributed by atoms with E-state index in [9.17, 15) is 4.79 Å². The Bertz CT molecular complexity index is 614. The SMILES string of the molecule is CCOc1cc(C)c(-c2ccc(C(=O)O)[nH]2)cc1C. The van der Waals surface area contributed by atoms with Gasteiger partial charge in [-0.25, -0.2) is 4.79 Å². The molecular weight excluding hydrogens is 242 g/mol. The summed E-state index contributed by atoms with van der Waals surface area (Å²) in [5.74, 6) is -0.0830. The van der Waals surface area contributed by atoms with Gasteiger partial charge in [-0.15, -0.1) is 0 Å². The molecule has 2 rings (SSSR count). The molecule has 0 bridgehead atoms. The lowest BCUT2D eigenvalue weighted by molar-refractivity contribution is 0.0691. The number of aryl methyl sites for hydroxylation is 2. The number of carboxylic acid groups (broad SMARTS) is 1. The fourth-order valence-corrected chi connectivity index (χ4v) is 2.07. The lowest BCUT2D eigenvalue weighted by Gasteiger charge is -2.11. The molecule has 4 nitrogen and oxygen atoms in total. The van der Waals surface area contributed by atoms with E-state index in [1.54, 1.807) is 12.1 Å². The third kappa shape index (κ3) is 2.62. The van der Waals surface area contributed by atoms with Crippen LogP contribution in [0, 0.1) is 13.8 Å². The van der Waals surface area contributed by atoms with Gasteiger partial charge in [0.1, 0.15) is 11.4 Å². The fourth-order valence-electron chi connectivity index (χ4n) is 2.07. The number of ether oxygens (including phenoxy) is 1. The van der Waals surface area contributed by atoms with Crippen molar-refractivity contribution in [2.75, 3.05) is 6.61 Å². The number of carboxylic acids is 1. The van der Waals surface area contributed by atoms with Crippen LogP contribution in [-0.2, 0) is 0 Å². The number of aromatic amines is 1. The molecule has 2 N–H and O–H groups in total. The molecule has 0 amide bonds. The molecule has 100 valence electrons. The van der Waals surface area contributed by atoms with E-state index in [-0.39, 0.29) is 5.69 Å². The van der Waals surface area contributed by atoms with Gasteiger partial charge in [0.05, 0.1) is 6.61 Å². The van der Waals surface area contributed by atoms with Gasteiger partial charge in [-0.2, -0.15) is 0 Å². The minimum Gasteiger partial charge on any atom is -0.494 e. The molecule has 4 heteroatoms. The Balaban J connectivity index is 2.44. The van der Waals surface area contributed by atoms with E-state index in [2.05, 4.69) is 4.98 Å². The molecule has 0 unspecified atom stereocenters. The van der Waals surface area contributed by atoms with E-state index in [1.807, 2.05) is 32.9 Å². The Labute approximate surface area is 112 Å². The van der Waals surface area contributed by atoms with Gasteiger partial charge in [0, 0.05) is 11.3 Å². The number of rotatable bonds is 4. The Kier molecular flexibility index (Phi) is 3.60. The van der Waals surface area contributed by atoms with Gasteiger partial charge < -0.3 is 14.8 Å². The summed E-state index contributed by atoms with van der Waals surface area (Å²) in [5, 5.41) is 8.93. The number of benzene rings is 1. The van der Waals surface area contributed by atoms with Crippen LogP contribution in [0.15, 0.2) is 24.3 Å². The first-order valence-electron chi connectivity index (χ1n) is 6.19.